The lowest BCUT2D eigenvalue weighted by Crippen LogP contribution is -2.17. The highest BCUT2D eigenvalue weighted by atomic mass is 16.3. The molecule has 60 heavy (non-hydrogen) atoms. The molecule has 3 aromatic heterocycles. The van der Waals surface area contributed by atoms with Crippen LogP contribution in [-0.4, -0.2) is 19.5 Å². The van der Waals surface area contributed by atoms with Crippen LogP contribution in [0.15, 0.2) is 170 Å². The third-order valence-electron chi connectivity index (χ3n) is 12.0. The van der Waals surface area contributed by atoms with Crippen molar-refractivity contribution in [2.45, 2.75) is 52.4 Å². The fourth-order valence-electron chi connectivity index (χ4n) is 8.90. The number of benzene rings is 7. The van der Waals surface area contributed by atoms with E-state index in [2.05, 4.69) is 204 Å². The van der Waals surface area contributed by atoms with E-state index in [1.165, 1.54) is 5.39 Å². The summed E-state index contributed by atoms with van der Waals surface area (Å²) >= 11 is 0. The molecule has 10 rings (SSSR count). The van der Waals surface area contributed by atoms with Gasteiger partial charge in [0.2, 0.25) is 0 Å². The number of fused-ring (bicyclic) bond motifs is 7. The molecular formula is C56H47N3O. The molecule has 4 nitrogen and oxygen atoms in total. The Balaban J connectivity index is 1.38. The maximum atomic E-state index is 12.5. The molecule has 0 bridgehead atoms. The second-order valence-electron chi connectivity index (χ2n) is 18.0. The summed E-state index contributed by atoms with van der Waals surface area (Å²) in [6.07, 6.45) is 1.89. The lowest BCUT2D eigenvalue weighted by Gasteiger charge is -2.27. The van der Waals surface area contributed by atoms with Crippen molar-refractivity contribution in [2.24, 2.45) is 0 Å². The summed E-state index contributed by atoms with van der Waals surface area (Å²) in [7, 11) is 0. The predicted octanol–water partition coefficient (Wildman–Crippen LogP) is 14.9. The monoisotopic (exact) mass is 777 g/mol. The number of hydrogen-bond acceptors (Lipinski definition) is 3. The Kier molecular flexibility index (Phi) is 8.73. The zero-order valence-electron chi connectivity index (χ0n) is 35.0. The normalized spacial score (nSPS) is 12.2. The van der Waals surface area contributed by atoms with E-state index in [0.29, 0.717) is 11.4 Å². The van der Waals surface area contributed by atoms with Crippen LogP contribution in [0.5, 0.6) is 5.75 Å². The lowest BCUT2D eigenvalue weighted by molar-refractivity contribution is 0.446. The van der Waals surface area contributed by atoms with Gasteiger partial charge in [-0.25, -0.2) is 4.98 Å². The highest BCUT2D eigenvalue weighted by Crippen LogP contribution is 2.46. The Morgan fingerprint density at radius 3 is 1.75 bits per heavy atom. The summed E-state index contributed by atoms with van der Waals surface area (Å²) in [6.45, 7) is 13.2. The average Bonchev–Trinajstić information content (AvgIpc) is 3.67. The third-order valence-corrected chi connectivity index (χ3v) is 12.0. The SMILES string of the molecule is CC(C)(C)c1cc(-c2nc3c(-c4cccc(-c5cc(-c6ccccc6)ccn5)c4)ccc4c5ccccc5c5ccccc5c5ccccc5n2c34)c(O)c(C(C)(C)C)c1. The Morgan fingerprint density at radius 2 is 1.07 bits per heavy atom. The van der Waals surface area contributed by atoms with Gasteiger partial charge in [-0.3, -0.25) is 9.38 Å². The van der Waals surface area contributed by atoms with Crippen LogP contribution in [0.25, 0.3) is 93.8 Å². The van der Waals surface area contributed by atoms with Crippen LogP contribution in [0.2, 0.25) is 0 Å². The number of para-hydroxylation sites is 1. The Hall–Kier alpha value is -7.04. The molecule has 7 aromatic carbocycles. The van der Waals surface area contributed by atoms with E-state index in [0.717, 1.165) is 88.1 Å². The molecule has 0 amide bonds. The molecule has 0 spiro atoms. The van der Waals surface area contributed by atoms with Gasteiger partial charge in [-0.15, -0.1) is 0 Å². The standard InChI is InChI=1S/C56H47N3O/c1-55(2,3)39-33-47(53(60)48(34-39)56(4,5)6)54-58-51-40(37-19-16-20-38(31-37)49-32-36(29-30-57-49)35-17-8-7-9-18-35)27-28-46-44-24-13-11-22-42(44)41-21-10-12-23-43(41)45-25-14-15-26-50(45)59(54)52(46)51/h7-34,60H,1-6H3. The fraction of sp³-hybridized carbons (Fsp3) is 0.143. The van der Waals surface area contributed by atoms with Crippen molar-refractivity contribution in [3.8, 4) is 50.6 Å². The summed E-state index contributed by atoms with van der Waals surface area (Å²) < 4.78 is 2.32. The van der Waals surface area contributed by atoms with Gasteiger partial charge in [0.05, 0.1) is 27.8 Å². The Bertz CT molecular complexity index is 3340. The average molecular weight is 778 g/mol. The summed E-state index contributed by atoms with van der Waals surface area (Å²) in [4.78, 5) is 10.6. The number of imidazole rings is 1. The zero-order valence-corrected chi connectivity index (χ0v) is 35.0. The molecule has 0 saturated carbocycles. The molecule has 0 fully saturated rings. The Morgan fingerprint density at radius 1 is 0.467 bits per heavy atom. The van der Waals surface area contributed by atoms with Gasteiger partial charge in [0, 0.05) is 33.7 Å². The molecule has 0 atom stereocenters. The van der Waals surface area contributed by atoms with Gasteiger partial charge in [-0.2, -0.15) is 0 Å². The minimum absolute atomic E-state index is 0.180. The van der Waals surface area contributed by atoms with E-state index in [1.807, 2.05) is 12.3 Å². The topological polar surface area (TPSA) is 50.4 Å². The van der Waals surface area contributed by atoms with Gasteiger partial charge in [0.25, 0.3) is 0 Å². The van der Waals surface area contributed by atoms with Crippen molar-refractivity contribution >= 4 is 48.9 Å². The minimum Gasteiger partial charge on any atom is -0.507 e. The summed E-state index contributed by atoms with van der Waals surface area (Å²) in [5.74, 6) is 0.958. The fourth-order valence-corrected chi connectivity index (χ4v) is 8.90. The van der Waals surface area contributed by atoms with Crippen LogP contribution < -0.4 is 0 Å². The number of phenolic OH excluding ortho intramolecular Hbond substituents is 1. The maximum Gasteiger partial charge on any atom is 0.149 e. The molecule has 3 heterocycles. The van der Waals surface area contributed by atoms with Crippen LogP contribution in [0.3, 0.4) is 0 Å². The molecule has 0 aliphatic carbocycles. The van der Waals surface area contributed by atoms with E-state index >= 15 is 0 Å². The second kappa shape index (κ2) is 14.1. The van der Waals surface area contributed by atoms with Crippen molar-refractivity contribution in [1.82, 2.24) is 14.4 Å². The quantitative estimate of drug-likeness (QED) is 0.194. The van der Waals surface area contributed by atoms with E-state index in [4.69, 9.17) is 9.97 Å². The first-order valence-corrected chi connectivity index (χ1v) is 20.8. The molecule has 0 aliphatic heterocycles. The van der Waals surface area contributed by atoms with Crippen molar-refractivity contribution < 1.29 is 5.11 Å². The van der Waals surface area contributed by atoms with Crippen molar-refractivity contribution in [1.29, 1.82) is 0 Å². The maximum absolute atomic E-state index is 12.5. The molecule has 1 N–H and O–H groups in total. The molecule has 0 saturated heterocycles. The van der Waals surface area contributed by atoms with Crippen molar-refractivity contribution in [3.05, 3.63) is 181 Å². The molecule has 0 radical (unpaired) electrons. The molecular weight excluding hydrogens is 731 g/mol. The number of nitrogens with zero attached hydrogens (tertiary/aromatic N) is 3. The van der Waals surface area contributed by atoms with E-state index in [1.54, 1.807) is 0 Å². The first-order valence-electron chi connectivity index (χ1n) is 20.8. The number of aromatic nitrogens is 3. The number of aromatic hydroxyl groups is 1. The van der Waals surface area contributed by atoms with Crippen LogP contribution in [0.1, 0.15) is 52.7 Å². The van der Waals surface area contributed by atoms with Crippen molar-refractivity contribution in [2.75, 3.05) is 0 Å². The van der Waals surface area contributed by atoms with Crippen molar-refractivity contribution in [3.63, 3.8) is 0 Å². The Labute approximate surface area is 351 Å². The predicted molar refractivity (Wildman–Crippen MR) is 253 cm³/mol. The second-order valence-corrected chi connectivity index (χ2v) is 18.0. The highest BCUT2D eigenvalue weighted by Gasteiger charge is 2.28. The zero-order chi connectivity index (χ0) is 41.3. The molecule has 4 heteroatoms. The van der Waals surface area contributed by atoms with Crippen LogP contribution in [0, 0.1) is 0 Å². The van der Waals surface area contributed by atoms with E-state index < -0.39 is 0 Å². The van der Waals surface area contributed by atoms with E-state index in [-0.39, 0.29) is 16.6 Å². The molecule has 0 aliphatic rings. The van der Waals surface area contributed by atoms with Crippen LogP contribution in [0.4, 0.5) is 0 Å². The smallest absolute Gasteiger partial charge is 0.149 e. The molecule has 0 unspecified atom stereocenters. The third kappa shape index (κ3) is 6.22. The van der Waals surface area contributed by atoms with Gasteiger partial charge in [-0.05, 0) is 85.0 Å². The highest BCUT2D eigenvalue weighted by molar-refractivity contribution is 6.22. The number of hydrogen-bond donors (Lipinski definition) is 1. The molecule has 292 valence electrons. The van der Waals surface area contributed by atoms with Crippen LogP contribution in [-0.2, 0) is 10.8 Å². The van der Waals surface area contributed by atoms with Gasteiger partial charge in [-0.1, -0.05) is 175 Å². The largest absolute Gasteiger partial charge is 0.507 e. The van der Waals surface area contributed by atoms with Gasteiger partial charge < -0.3 is 5.11 Å². The first-order chi connectivity index (χ1) is 29.0. The van der Waals surface area contributed by atoms with Gasteiger partial charge in [0.15, 0.2) is 0 Å². The summed E-state index contributed by atoms with van der Waals surface area (Å²) in [5, 5.41) is 19.3. The van der Waals surface area contributed by atoms with E-state index in [9.17, 15) is 5.11 Å². The molecule has 10 aromatic rings. The van der Waals surface area contributed by atoms with Gasteiger partial charge in [0.1, 0.15) is 11.6 Å². The lowest BCUT2D eigenvalue weighted by atomic mass is 9.79. The van der Waals surface area contributed by atoms with Crippen LogP contribution >= 0.6 is 0 Å². The van der Waals surface area contributed by atoms with Gasteiger partial charge >= 0.3 is 0 Å². The summed E-state index contributed by atoms with van der Waals surface area (Å²) in [6, 6.07) is 58.2. The summed E-state index contributed by atoms with van der Waals surface area (Å²) in [5.41, 5.74) is 11.4. The minimum atomic E-state index is -0.321. The number of phenols is 1. The first kappa shape index (κ1) is 37.2. The number of rotatable bonds is 4. The number of pyridine rings is 1.